The third kappa shape index (κ3) is 5.38. The molecule has 0 spiro atoms. The summed E-state index contributed by atoms with van der Waals surface area (Å²) in [7, 11) is -3.61. The molecular weight excluding hydrogens is 354 g/mol. The van der Waals surface area contributed by atoms with Crippen molar-refractivity contribution in [2.75, 3.05) is 0 Å². The second kappa shape index (κ2) is 7.58. The van der Waals surface area contributed by atoms with Gasteiger partial charge in [-0.1, -0.05) is 38.1 Å². The Morgan fingerprint density at radius 1 is 1.16 bits per heavy atom. The summed E-state index contributed by atoms with van der Waals surface area (Å²) in [6.07, 6.45) is 0.845. The van der Waals surface area contributed by atoms with Crippen LogP contribution in [0.3, 0.4) is 0 Å². The van der Waals surface area contributed by atoms with Gasteiger partial charge < -0.3 is 5.11 Å². The van der Waals surface area contributed by atoms with Gasteiger partial charge in [-0.25, -0.2) is 13.1 Å². The highest BCUT2D eigenvalue weighted by atomic mass is 32.2. The molecule has 0 radical (unpaired) electrons. The Bertz CT molecular complexity index is 813. The van der Waals surface area contributed by atoms with E-state index in [2.05, 4.69) is 18.6 Å². The summed E-state index contributed by atoms with van der Waals surface area (Å²) in [6, 6.07) is 9.35. The summed E-state index contributed by atoms with van der Waals surface area (Å²) in [5.74, 6) is 0.453. The Balaban J connectivity index is 2.54. The van der Waals surface area contributed by atoms with Crippen LogP contribution in [0.4, 0.5) is 0 Å². The van der Waals surface area contributed by atoms with Gasteiger partial charge in [-0.2, -0.15) is 0 Å². The van der Waals surface area contributed by atoms with Crippen molar-refractivity contribution < 1.29 is 13.5 Å². The van der Waals surface area contributed by atoms with E-state index in [9.17, 15) is 13.5 Å². The predicted octanol–water partition coefficient (Wildman–Crippen LogP) is 4.18. The molecule has 0 aliphatic heterocycles. The van der Waals surface area contributed by atoms with Crippen LogP contribution < -0.4 is 4.72 Å². The first-order valence-corrected chi connectivity index (χ1v) is 10.7. The molecule has 1 aromatic carbocycles. The molecule has 25 heavy (non-hydrogen) atoms. The SMILES string of the molecule is CC(C)Cc1cc(-c2ccc(CO)cc2)c(S(=O)(=O)NC(C)(C)C)s1. The van der Waals surface area contributed by atoms with Crippen LogP contribution in [0.5, 0.6) is 0 Å². The van der Waals surface area contributed by atoms with Crippen LogP contribution in [0.1, 0.15) is 45.1 Å². The number of aliphatic hydroxyl groups excluding tert-OH is 1. The number of hydrogen-bond acceptors (Lipinski definition) is 4. The maximum absolute atomic E-state index is 12.9. The third-order valence-electron chi connectivity index (χ3n) is 3.49. The van der Waals surface area contributed by atoms with E-state index in [1.165, 1.54) is 11.3 Å². The van der Waals surface area contributed by atoms with Crippen molar-refractivity contribution >= 4 is 21.4 Å². The lowest BCUT2D eigenvalue weighted by Crippen LogP contribution is -2.40. The van der Waals surface area contributed by atoms with E-state index in [0.717, 1.165) is 28.0 Å². The Labute approximate surface area is 155 Å². The van der Waals surface area contributed by atoms with Crippen LogP contribution in [0.2, 0.25) is 0 Å². The number of benzene rings is 1. The molecule has 1 aromatic heterocycles. The van der Waals surface area contributed by atoms with Gasteiger partial charge in [0.2, 0.25) is 0 Å². The lowest BCUT2D eigenvalue weighted by atomic mass is 10.0. The monoisotopic (exact) mass is 381 g/mol. The first kappa shape index (κ1) is 20.1. The van der Waals surface area contributed by atoms with Crippen LogP contribution in [0, 0.1) is 5.92 Å². The van der Waals surface area contributed by atoms with Crippen LogP contribution in [0.15, 0.2) is 34.5 Å². The molecule has 0 aliphatic rings. The van der Waals surface area contributed by atoms with Crippen molar-refractivity contribution in [3.05, 3.63) is 40.8 Å². The average Bonchev–Trinajstić information content (AvgIpc) is 2.89. The van der Waals surface area contributed by atoms with E-state index in [4.69, 9.17) is 0 Å². The maximum atomic E-state index is 12.9. The van der Waals surface area contributed by atoms with Crippen molar-refractivity contribution in [3.63, 3.8) is 0 Å². The van der Waals surface area contributed by atoms with Gasteiger partial charge in [0.1, 0.15) is 4.21 Å². The Morgan fingerprint density at radius 3 is 2.24 bits per heavy atom. The molecule has 1 heterocycles. The number of aliphatic hydroxyl groups is 1. The van der Waals surface area contributed by atoms with Gasteiger partial charge in [0, 0.05) is 16.0 Å². The normalized spacial score (nSPS) is 12.8. The number of thiophene rings is 1. The maximum Gasteiger partial charge on any atom is 0.251 e. The topological polar surface area (TPSA) is 66.4 Å². The summed E-state index contributed by atoms with van der Waals surface area (Å²) in [6.45, 7) is 9.72. The summed E-state index contributed by atoms with van der Waals surface area (Å²) >= 11 is 1.34. The molecule has 6 heteroatoms. The molecule has 0 unspecified atom stereocenters. The number of hydrogen-bond donors (Lipinski definition) is 2. The van der Waals surface area contributed by atoms with Gasteiger partial charge in [-0.05, 0) is 50.3 Å². The summed E-state index contributed by atoms with van der Waals surface area (Å²) < 4.78 is 29.0. The summed E-state index contributed by atoms with van der Waals surface area (Å²) in [5.41, 5.74) is 1.83. The standard InChI is InChI=1S/C19H27NO3S2/c1-13(2)10-16-11-17(15-8-6-14(12-21)7-9-15)18(24-16)25(22,23)20-19(3,4)5/h6-9,11,13,20-21H,10,12H2,1-5H3. The smallest absolute Gasteiger partial charge is 0.251 e. The van der Waals surface area contributed by atoms with Crippen molar-refractivity contribution in [1.29, 1.82) is 0 Å². The quantitative estimate of drug-likeness (QED) is 0.789. The molecule has 2 N–H and O–H groups in total. The van der Waals surface area contributed by atoms with E-state index in [-0.39, 0.29) is 6.61 Å². The highest BCUT2D eigenvalue weighted by Crippen LogP contribution is 2.36. The van der Waals surface area contributed by atoms with Gasteiger partial charge in [-0.15, -0.1) is 11.3 Å². The van der Waals surface area contributed by atoms with Gasteiger partial charge in [0.15, 0.2) is 0 Å². The lowest BCUT2D eigenvalue weighted by molar-refractivity contribution is 0.282. The zero-order chi connectivity index (χ0) is 18.8. The number of nitrogens with one attached hydrogen (secondary N) is 1. The molecule has 2 aromatic rings. The fraction of sp³-hybridized carbons (Fsp3) is 0.474. The van der Waals surface area contributed by atoms with Crippen LogP contribution in [-0.4, -0.2) is 19.1 Å². The second-order valence-corrected chi connectivity index (χ2v) is 10.7. The highest BCUT2D eigenvalue weighted by molar-refractivity contribution is 7.91. The lowest BCUT2D eigenvalue weighted by Gasteiger charge is -2.20. The summed E-state index contributed by atoms with van der Waals surface area (Å²) in [5, 5.41) is 9.21. The zero-order valence-corrected chi connectivity index (χ0v) is 17.1. The molecule has 0 saturated carbocycles. The minimum Gasteiger partial charge on any atom is -0.392 e. The number of sulfonamides is 1. The number of rotatable bonds is 6. The summed E-state index contributed by atoms with van der Waals surface area (Å²) in [4.78, 5) is 1.06. The molecular formula is C19H27NO3S2. The second-order valence-electron chi connectivity index (χ2n) is 7.72. The molecule has 138 valence electrons. The molecule has 4 nitrogen and oxygen atoms in total. The Hall–Kier alpha value is -1.21. The largest absolute Gasteiger partial charge is 0.392 e. The van der Waals surface area contributed by atoms with Gasteiger partial charge in [0.25, 0.3) is 10.0 Å². The fourth-order valence-corrected chi connectivity index (χ4v) is 5.93. The van der Waals surface area contributed by atoms with Crippen molar-refractivity contribution in [3.8, 4) is 11.1 Å². The van der Waals surface area contributed by atoms with Crippen molar-refractivity contribution in [2.45, 2.75) is 57.4 Å². The highest BCUT2D eigenvalue weighted by Gasteiger charge is 2.27. The van der Waals surface area contributed by atoms with E-state index in [1.54, 1.807) is 0 Å². The van der Waals surface area contributed by atoms with Gasteiger partial charge in [0.05, 0.1) is 6.61 Å². The Kier molecular flexibility index (Phi) is 6.09. The minimum absolute atomic E-state index is 0.0285. The zero-order valence-electron chi connectivity index (χ0n) is 15.5. The van der Waals surface area contributed by atoms with Crippen molar-refractivity contribution in [1.82, 2.24) is 4.72 Å². The van der Waals surface area contributed by atoms with Crippen molar-refractivity contribution in [2.24, 2.45) is 5.92 Å². The van der Waals surface area contributed by atoms with E-state index in [1.807, 2.05) is 51.1 Å². The molecule has 0 atom stereocenters. The van der Waals surface area contributed by atoms with Crippen LogP contribution in [-0.2, 0) is 23.1 Å². The van der Waals surface area contributed by atoms with Gasteiger partial charge >= 0.3 is 0 Å². The van der Waals surface area contributed by atoms with E-state index >= 15 is 0 Å². The van der Waals surface area contributed by atoms with E-state index in [0.29, 0.717) is 10.1 Å². The van der Waals surface area contributed by atoms with Crippen LogP contribution in [0.25, 0.3) is 11.1 Å². The van der Waals surface area contributed by atoms with E-state index < -0.39 is 15.6 Å². The molecule has 0 aliphatic carbocycles. The van der Waals surface area contributed by atoms with Crippen LogP contribution >= 0.6 is 11.3 Å². The molecule has 0 bridgehead atoms. The molecule has 2 rings (SSSR count). The average molecular weight is 382 g/mol. The fourth-order valence-electron chi connectivity index (χ4n) is 2.57. The molecule has 0 amide bonds. The molecule has 0 fully saturated rings. The Morgan fingerprint density at radius 2 is 1.76 bits per heavy atom. The molecule has 0 saturated heterocycles. The minimum atomic E-state index is -3.61. The third-order valence-corrected chi connectivity index (χ3v) is 6.94. The van der Waals surface area contributed by atoms with Gasteiger partial charge in [-0.3, -0.25) is 0 Å². The predicted molar refractivity (Wildman–Crippen MR) is 104 cm³/mol. The first-order chi connectivity index (χ1) is 11.5. The first-order valence-electron chi connectivity index (χ1n) is 8.38.